The quantitative estimate of drug-likeness (QED) is 0.627. The molecule has 2 aromatic rings. The molecule has 0 spiro atoms. The topological polar surface area (TPSA) is 56.2 Å². The van der Waals surface area contributed by atoms with E-state index in [1.54, 1.807) is 4.52 Å². The smallest absolute Gasteiger partial charge is 0.160 e. The second kappa shape index (κ2) is 2.20. The Labute approximate surface area is 70.0 Å². The molecule has 0 aliphatic rings. The molecule has 2 heterocycles. The highest BCUT2D eigenvalue weighted by Gasteiger charge is 2.05. The van der Waals surface area contributed by atoms with Crippen LogP contribution in [0.3, 0.4) is 0 Å². The summed E-state index contributed by atoms with van der Waals surface area (Å²) in [5.41, 5.74) is 8.39. The fraction of sp³-hybridized carbons (Fsp3) is 0.250. The van der Waals surface area contributed by atoms with E-state index in [4.69, 9.17) is 5.73 Å². The van der Waals surface area contributed by atoms with Crippen molar-refractivity contribution in [2.45, 2.75) is 13.8 Å². The van der Waals surface area contributed by atoms with Crippen molar-refractivity contribution in [3.05, 3.63) is 23.5 Å². The Hall–Kier alpha value is -1.58. The van der Waals surface area contributed by atoms with Crippen LogP contribution in [0.15, 0.2) is 12.3 Å². The van der Waals surface area contributed by atoms with Crippen molar-refractivity contribution in [2.24, 2.45) is 0 Å². The SMILES string of the molecule is Cc1ccn2nc(N)c(C)c2n1. The van der Waals surface area contributed by atoms with Crippen LogP contribution in [0.1, 0.15) is 11.3 Å². The van der Waals surface area contributed by atoms with Crippen LogP contribution in [0.2, 0.25) is 0 Å². The zero-order valence-electron chi connectivity index (χ0n) is 7.07. The second-order valence-corrected chi connectivity index (χ2v) is 2.85. The molecule has 0 unspecified atom stereocenters. The first-order valence-electron chi connectivity index (χ1n) is 3.76. The number of aryl methyl sites for hydroxylation is 2. The molecular weight excluding hydrogens is 152 g/mol. The molecule has 2 rings (SSSR count). The molecule has 2 N–H and O–H groups in total. The largest absolute Gasteiger partial charge is 0.382 e. The van der Waals surface area contributed by atoms with Crippen molar-refractivity contribution >= 4 is 11.5 Å². The predicted molar refractivity (Wildman–Crippen MR) is 46.9 cm³/mol. The molecule has 0 atom stereocenters. The van der Waals surface area contributed by atoms with Gasteiger partial charge in [0.1, 0.15) is 0 Å². The van der Waals surface area contributed by atoms with Gasteiger partial charge in [-0.3, -0.25) is 0 Å². The molecular formula is C8H10N4. The van der Waals surface area contributed by atoms with E-state index in [1.165, 1.54) is 0 Å². The molecule has 0 aromatic carbocycles. The van der Waals surface area contributed by atoms with E-state index in [-0.39, 0.29) is 0 Å². The van der Waals surface area contributed by atoms with Crippen molar-refractivity contribution in [2.75, 3.05) is 5.73 Å². The van der Waals surface area contributed by atoms with Gasteiger partial charge in [-0.2, -0.15) is 0 Å². The van der Waals surface area contributed by atoms with Crippen LogP contribution in [-0.4, -0.2) is 14.6 Å². The molecule has 2 aromatic heterocycles. The summed E-state index contributed by atoms with van der Waals surface area (Å²) in [6.45, 7) is 3.87. The number of anilines is 1. The van der Waals surface area contributed by atoms with Crippen molar-refractivity contribution < 1.29 is 0 Å². The van der Waals surface area contributed by atoms with Gasteiger partial charge in [0, 0.05) is 17.5 Å². The van der Waals surface area contributed by atoms with E-state index >= 15 is 0 Å². The maximum atomic E-state index is 5.63. The summed E-state index contributed by atoms with van der Waals surface area (Å²) < 4.78 is 1.69. The van der Waals surface area contributed by atoms with Gasteiger partial charge in [-0.15, -0.1) is 5.10 Å². The number of nitrogens with zero attached hydrogens (tertiary/aromatic N) is 3. The first-order valence-corrected chi connectivity index (χ1v) is 3.76. The lowest BCUT2D eigenvalue weighted by Gasteiger charge is -1.93. The highest BCUT2D eigenvalue weighted by Crippen LogP contribution is 2.13. The van der Waals surface area contributed by atoms with Gasteiger partial charge in [-0.25, -0.2) is 9.50 Å². The van der Waals surface area contributed by atoms with Gasteiger partial charge < -0.3 is 5.73 Å². The van der Waals surface area contributed by atoms with Gasteiger partial charge >= 0.3 is 0 Å². The lowest BCUT2D eigenvalue weighted by molar-refractivity contribution is 0.934. The summed E-state index contributed by atoms with van der Waals surface area (Å²) in [5.74, 6) is 0.549. The number of nitrogen functional groups attached to an aromatic ring is 1. The van der Waals surface area contributed by atoms with E-state index in [0.717, 1.165) is 16.9 Å². The lowest BCUT2D eigenvalue weighted by Crippen LogP contribution is -1.91. The predicted octanol–water partition coefficient (Wildman–Crippen LogP) is 0.928. The first kappa shape index (κ1) is 7.09. The summed E-state index contributed by atoms with van der Waals surface area (Å²) in [5, 5.41) is 4.09. The molecule has 0 bridgehead atoms. The molecule has 0 aliphatic carbocycles. The molecule has 0 fully saturated rings. The van der Waals surface area contributed by atoms with Crippen LogP contribution < -0.4 is 5.73 Å². The molecule has 4 heteroatoms. The number of fused-ring (bicyclic) bond motifs is 1. The minimum Gasteiger partial charge on any atom is -0.382 e. The third-order valence-corrected chi connectivity index (χ3v) is 1.89. The third-order valence-electron chi connectivity index (χ3n) is 1.89. The highest BCUT2D eigenvalue weighted by molar-refractivity contribution is 5.57. The fourth-order valence-corrected chi connectivity index (χ4v) is 1.15. The van der Waals surface area contributed by atoms with Gasteiger partial charge in [-0.1, -0.05) is 0 Å². The molecule has 62 valence electrons. The van der Waals surface area contributed by atoms with Crippen molar-refractivity contribution in [3.63, 3.8) is 0 Å². The van der Waals surface area contributed by atoms with Crippen LogP contribution in [0, 0.1) is 13.8 Å². The van der Waals surface area contributed by atoms with Gasteiger partial charge in [-0.05, 0) is 19.9 Å². The van der Waals surface area contributed by atoms with Crippen LogP contribution in [-0.2, 0) is 0 Å². The van der Waals surface area contributed by atoms with Gasteiger partial charge in [0.25, 0.3) is 0 Å². The Kier molecular flexibility index (Phi) is 1.30. The molecule has 0 amide bonds. The summed E-state index contributed by atoms with van der Waals surface area (Å²) in [7, 11) is 0. The van der Waals surface area contributed by atoms with Gasteiger partial charge in [0.2, 0.25) is 0 Å². The molecule has 0 radical (unpaired) electrons. The molecule has 0 aliphatic heterocycles. The standard InChI is InChI=1S/C8H10N4/c1-5-3-4-12-8(10-5)6(2)7(9)11-12/h3-4H,1-2H3,(H2,9,11). The number of hydrogen-bond donors (Lipinski definition) is 1. The van der Waals surface area contributed by atoms with Crippen molar-refractivity contribution in [1.82, 2.24) is 14.6 Å². The minimum absolute atomic E-state index is 0.549. The summed E-state index contributed by atoms with van der Waals surface area (Å²) in [6, 6.07) is 1.90. The highest BCUT2D eigenvalue weighted by atomic mass is 15.3. The second-order valence-electron chi connectivity index (χ2n) is 2.85. The van der Waals surface area contributed by atoms with Crippen LogP contribution in [0.4, 0.5) is 5.82 Å². The third kappa shape index (κ3) is 0.845. The Balaban J connectivity index is 2.88. The fourth-order valence-electron chi connectivity index (χ4n) is 1.15. The van der Waals surface area contributed by atoms with E-state index in [0.29, 0.717) is 5.82 Å². The zero-order valence-corrected chi connectivity index (χ0v) is 7.07. The Morgan fingerprint density at radius 1 is 1.42 bits per heavy atom. The minimum atomic E-state index is 0.549. The summed E-state index contributed by atoms with van der Waals surface area (Å²) in [6.07, 6.45) is 1.86. The first-order chi connectivity index (χ1) is 5.68. The van der Waals surface area contributed by atoms with Crippen molar-refractivity contribution in [3.8, 4) is 0 Å². The van der Waals surface area contributed by atoms with Gasteiger partial charge in [0.15, 0.2) is 11.5 Å². The summed E-state index contributed by atoms with van der Waals surface area (Å²) in [4.78, 5) is 4.32. The number of rotatable bonds is 0. The zero-order chi connectivity index (χ0) is 8.72. The average Bonchev–Trinajstić information content (AvgIpc) is 2.31. The van der Waals surface area contributed by atoms with E-state index in [9.17, 15) is 0 Å². The van der Waals surface area contributed by atoms with Crippen LogP contribution >= 0.6 is 0 Å². The molecule has 0 saturated heterocycles. The van der Waals surface area contributed by atoms with E-state index in [2.05, 4.69) is 10.1 Å². The average molecular weight is 162 g/mol. The van der Waals surface area contributed by atoms with E-state index in [1.807, 2.05) is 26.1 Å². The summed E-state index contributed by atoms with van der Waals surface area (Å²) >= 11 is 0. The molecule has 0 saturated carbocycles. The van der Waals surface area contributed by atoms with Gasteiger partial charge in [0.05, 0.1) is 0 Å². The normalized spacial score (nSPS) is 10.8. The Morgan fingerprint density at radius 3 is 2.92 bits per heavy atom. The Morgan fingerprint density at radius 2 is 2.17 bits per heavy atom. The monoisotopic (exact) mass is 162 g/mol. The Bertz CT molecular complexity index is 430. The lowest BCUT2D eigenvalue weighted by atomic mass is 10.3. The van der Waals surface area contributed by atoms with Crippen LogP contribution in [0.5, 0.6) is 0 Å². The number of nitrogens with two attached hydrogens (primary N) is 1. The maximum Gasteiger partial charge on any atom is 0.160 e. The molecule has 4 nitrogen and oxygen atoms in total. The number of hydrogen-bond acceptors (Lipinski definition) is 3. The van der Waals surface area contributed by atoms with E-state index < -0.39 is 0 Å². The maximum absolute atomic E-state index is 5.63. The van der Waals surface area contributed by atoms with Crippen LogP contribution in [0.25, 0.3) is 5.65 Å². The number of aromatic nitrogens is 3. The molecule has 12 heavy (non-hydrogen) atoms. The van der Waals surface area contributed by atoms with Crippen molar-refractivity contribution in [1.29, 1.82) is 0 Å².